The summed E-state index contributed by atoms with van der Waals surface area (Å²) in [5.41, 5.74) is 0. The van der Waals surface area contributed by atoms with E-state index in [1.54, 1.807) is 6.33 Å². The zero-order valence-corrected chi connectivity index (χ0v) is 15.4. The molecule has 1 aromatic rings. The van der Waals surface area contributed by atoms with Crippen molar-refractivity contribution in [3.63, 3.8) is 0 Å². The molecule has 8 heteroatoms. The van der Waals surface area contributed by atoms with Crippen LogP contribution in [0.2, 0.25) is 0 Å². The van der Waals surface area contributed by atoms with Crippen molar-refractivity contribution in [2.24, 2.45) is 10.9 Å². The van der Waals surface area contributed by atoms with Crippen molar-refractivity contribution in [2.75, 3.05) is 26.2 Å². The Morgan fingerprint density at radius 3 is 2.81 bits per heavy atom. The molecular formula is C13H27IN6O. The second-order valence-corrected chi connectivity index (χ2v) is 4.73. The smallest absolute Gasteiger partial charge is 0.191 e. The molecule has 1 unspecified atom stereocenters. The van der Waals surface area contributed by atoms with E-state index < -0.39 is 0 Å². The molecule has 0 aliphatic rings. The molecule has 0 aliphatic carbocycles. The lowest BCUT2D eigenvalue weighted by Crippen LogP contribution is -2.39. The van der Waals surface area contributed by atoms with Gasteiger partial charge < -0.3 is 20.3 Å². The van der Waals surface area contributed by atoms with Gasteiger partial charge in [-0.1, -0.05) is 13.8 Å². The maximum absolute atomic E-state index is 9.01. The molecule has 0 radical (unpaired) electrons. The molecule has 122 valence electrons. The Kier molecular flexibility index (Phi) is 11.2. The van der Waals surface area contributed by atoms with Gasteiger partial charge in [0.1, 0.15) is 12.2 Å². The number of rotatable bonds is 8. The van der Waals surface area contributed by atoms with Crippen LogP contribution >= 0.6 is 24.0 Å². The van der Waals surface area contributed by atoms with Gasteiger partial charge in [-0.15, -0.1) is 34.2 Å². The van der Waals surface area contributed by atoms with Crippen LogP contribution in [0, 0.1) is 5.92 Å². The molecule has 1 aromatic heterocycles. The van der Waals surface area contributed by atoms with E-state index in [0.29, 0.717) is 6.54 Å². The van der Waals surface area contributed by atoms with Gasteiger partial charge in [-0.05, 0) is 12.8 Å². The molecule has 1 rings (SSSR count). The van der Waals surface area contributed by atoms with Gasteiger partial charge in [0.25, 0.3) is 0 Å². The maximum Gasteiger partial charge on any atom is 0.191 e. The molecular weight excluding hydrogens is 383 g/mol. The summed E-state index contributed by atoms with van der Waals surface area (Å²) in [5, 5.41) is 23.4. The first kappa shape index (κ1) is 20.1. The van der Waals surface area contributed by atoms with Gasteiger partial charge in [-0.25, -0.2) is 0 Å². The Morgan fingerprint density at radius 1 is 1.43 bits per heavy atom. The van der Waals surface area contributed by atoms with Gasteiger partial charge >= 0.3 is 0 Å². The number of nitrogens with zero attached hydrogens (tertiary/aromatic N) is 4. The van der Waals surface area contributed by atoms with Crippen LogP contribution in [-0.4, -0.2) is 52.1 Å². The van der Waals surface area contributed by atoms with E-state index in [1.807, 2.05) is 18.4 Å². The lowest BCUT2D eigenvalue weighted by Gasteiger charge is -2.13. The summed E-state index contributed by atoms with van der Waals surface area (Å²) in [5.74, 6) is 1.94. The SMILES string of the molecule is CCNC(=NCC(C)CO)NCCn1cnnc1CC.I. The van der Waals surface area contributed by atoms with E-state index in [4.69, 9.17) is 5.11 Å². The van der Waals surface area contributed by atoms with E-state index in [0.717, 1.165) is 37.8 Å². The molecule has 0 saturated carbocycles. The number of aliphatic imine (C=N–C) groups is 1. The average molecular weight is 410 g/mol. The molecule has 0 saturated heterocycles. The number of aromatic nitrogens is 3. The standard InChI is InChI=1S/C13H26N6O.HI/c1-4-12-18-17-10-19(12)7-6-15-13(14-5-2)16-8-11(3)9-20;/h10-11,20H,4-9H2,1-3H3,(H2,14,15,16);1H. The van der Waals surface area contributed by atoms with Crippen LogP contribution in [-0.2, 0) is 13.0 Å². The molecule has 3 N–H and O–H groups in total. The van der Waals surface area contributed by atoms with E-state index >= 15 is 0 Å². The van der Waals surface area contributed by atoms with Crippen LogP contribution in [0.25, 0.3) is 0 Å². The Balaban J connectivity index is 0.00000400. The molecule has 0 amide bonds. The molecule has 21 heavy (non-hydrogen) atoms. The first-order chi connectivity index (χ1) is 9.71. The highest BCUT2D eigenvalue weighted by Gasteiger charge is 2.03. The summed E-state index contributed by atoms with van der Waals surface area (Å²) in [6.45, 7) is 9.20. The number of halogens is 1. The van der Waals surface area contributed by atoms with Crippen LogP contribution in [0.15, 0.2) is 11.3 Å². The second-order valence-electron chi connectivity index (χ2n) is 4.73. The Labute approximate surface area is 143 Å². The quantitative estimate of drug-likeness (QED) is 0.333. The molecule has 0 fully saturated rings. The van der Waals surface area contributed by atoms with Crippen molar-refractivity contribution < 1.29 is 5.11 Å². The Bertz CT molecular complexity index is 409. The fraction of sp³-hybridized carbons (Fsp3) is 0.769. The predicted molar refractivity (Wildman–Crippen MR) is 95.0 cm³/mol. The van der Waals surface area contributed by atoms with Crippen LogP contribution in [0.5, 0.6) is 0 Å². The van der Waals surface area contributed by atoms with Gasteiger partial charge in [-0.3, -0.25) is 4.99 Å². The molecule has 7 nitrogen and oxygen atoms in total. The molecule has 0 spiro atoms. The topological polar surface area (TPSA) is 87.4 Å². The Hall–Kier alpha value is -0.900. The summed E-state index contributed by atoms with van der Waals surface area (Å²) < 4.78 is 2.03. The number of guanidine groups is 1. The third-order valence-electron chi connectivity index (χ3n) is 2.87. The first-order valence-corrected chi connectivity index (χ1v) is 7.20. The molecule has 1 heterocycles. The molecule has 0 aliphatic heterocycles. The predicted octanol–water partition coefficient (Wildman–Crippen LogP) is 0.642. The summed E-state index contributed by atoms with van der Waals surface area (Å²) in [4.78, 5) is 4.44. The number of nitrogens with one attached hydrogen (secondary N) is 2. The van der Waals surface area contributed by atoms with E-state index in [1.165, 1.54) is 0 Å². The van der Waals surface area contributed by atoms with Crippen molar-refractivity contribution in [3.8, 4) is 0 Å². The first-order valence-electron chi connectivity index (χ1n) is 7.20. The molecule has 0 aromatic carbocycles. The van der Waals surface area contributed by atoms with Crippen LogP contribution in [0.1, 0.15) is 26.6 Å². The van der Waals surface area contributed by atoms with E-state index in [-0.39, 0.29) is 36.5 Å². The van der Waals surface area contributed by atoms with Crippen molar-refractivity contribution in [1.29, 1.82) is 0 Å². The van der Waals surface area contributed by atoms with Gasteiger partial charge in [0.05, 0.1) is 0 Å². The van der Waals surface area contributed by atoms with Crippen molar-refractivity contribution in [2.45, 2.75) is 33.7 Å². The van der Waals surface area contributed by atoms with Gasteiger partial charge in [0.2, 0.25) is 0 Å². The lowest BCUT2D eigenvalue weighted by molar-refractivity contribution is 0.241. The van der Waals surface area contributed by atoms with Gasteiger partial charge in [0.15, 0.2) is 5.96 Å². The Morgan fingerprint density at radius 2 is 2.19 bits per heavy atom. The minimum Gasteiger partial charge on any atom is -0.396 e. The highest BCUT2D eigenvalue weighted by atomic mass is 127. The van der Waals surface area contributed by atoms with Crippen molar-refractivity contribution >= 4 is 29.9 Å². The fourth-order valence-electron chi connectivity index (χ4n) is 1.68. The third-order valence-corrected chi connectivity index (χ3v) is 2.87. The average Bonchev–Trinajstić information content (AvgIpc) is 2.91. The van der Waals surface area contributed by atoms with Crippen molar-refractivity contribution in [1.82, 2.24) is 25.4 Å². The fourth-order valence-corrected chi connectivity index (χ4v) is 1.68. The normalized spacial score (nSPS) is 12.7. The third kappa shape index (κ3) is 7.60. The van der Waals surface area contributed by atoms with Crippen LogP contribution in [0.3, 0.4) is 0 Å². The zero-order chi connectivity index (χ0) is 14.8. The number of hydrogen-bond acceptors (Lipinski definition) is 4. The van der Waals surface area contributed by atoms with Gasteiger partial charge in [-0.2, -0.15) is 0 Å². The van der Waals surface area contributed by atoms with Crippen LogP contribution < -0.4 is 10.6 Å². The molecule has 1 atom stereocenters. The number of aliphatic hydroxyl groups excluding tert-OH is 1. The molecule has 0 bridgehead atoms. The minimum absolute atomic E-state index is 0. The zero-order valence-electron chi connectivity index (χ0n) is 13.0. The monoisotopic (exact) mass is 410 g/mol. The summed E-state index contributed by atoms with van der Waals surface area (Å²) in [6, 6.07) is 0. The van der Waals surface area contributed by atoms with E-state index in [9.17, 15) is 0 Å². The number of aryl methyl sites for hydroxylation is 1. The lowest BCUT2D eigenvalue weighted by atomic mass is 10.2. The maximum atomic E-state index is 9.01. The van der Waals surface area contributed by atoms with Gasteiger partial charge in [0, 0.05) is 39.2 Å². The second kappa shape index (κ2) is 11.7. The minimum atomic E-state index is 0. The van der Waals surface area contributed by atoms with Crippen LogP contribution in [0.4, 0.5) is 0 Å². The van der Waals surface area contributed by atoms with Crippen molar-refractivity contribution in [3.05, 3.63) is 12.2 Å². The largest absolute Gasteiger partial charge is 0.396 e. The summed E-state index contributed by atoms with van der Waals surface area (Å²) in [7, 11) is 0. The summed E-state index contributed by atoms with van der Waals surface area (Å²) in [6.07, 6.45) is 2.63. The number of aliphatic hydroxyl groups is 1. The van der Waals surface area contributed by atoms with E-state index in [2.05, 4.69) is 32.7 Å². The highest BCUT2D eigenvalue weighted by Crippen LogP contribution is 1.95. The summed E-state index contributed by atoms with van der Waals surface area (Å²) >= 11 is 0. The highest BCUT2D eigenvalue weighted by molar-refractivity contribution is 14.0. The number of hydrogen-bond donors (Lipinski definition) is 3.